The molecular formula is C48H32N4S. The summed E-state index contributed by atoms with van der Waals surface area (Å²) in [6.07, 6.45) is 0. The first-order chi connectivity index (χ1) is 32.7. The number of hydrogen-bond acceptors (Lipinski definition) is 4. The number of nitrogens with zero attached hydrogens (tertiary/aromatic N) is 4. The van der Waals surface area contributed by atoms with Crippen LogP contribution in [0.1, 0.15) is 46.8 Å². The molecule has 0 unspecified atom stereocenters. The van der Waals surface area contributed by atoms with Gasteiger partial charge in [-0.25, -0.2) is 4.98 Å². The Labute approximate surface area is 333 Å². The van der Waals surface area contributed by atoms with Gasteiger partial charge in [0, 0.05) is 55.7 Å². The molecule has 4 nitrogen and oxygen atoms in total. The van der Waals surface area contributed by atoms with Crippen molar-refractivity contribution < 1.29 is 21.9 Å². The molecule has 0 N–H and O–H groups in total. The second kappa shape index (κ2) is 11.3. The Morgan fingerprint density at radius 1 is 0.566 bits per heavy atom. The molecule has 0 atom stereocenters. The number of fused-ring (bicyclic) bond motifs is 10. The summed E-state index contributed by atoms with van der Waals surface area (Å²) in [4.78, 5) is 15.0. The summed E-state index contributed by atoms with van der Waals surface area (Å²) in [5, 5.41) is 1.03. The molecule has 0 saturated carbocycles. The van der Waals surface area contributed by atoms with Crippen LogP contribution in [0, 0.1) is 0 Å². The number of hydrogen-bond donors (Lipinski definition) is 0. The average molecular weight is 713 g/mol. The third-order valence-electron chi connectivity index (χ3n) is 9.81. The van der Waals surface area contributed by atoms with E-state index in [0.29, 0.717) is 11.1 Å². The molecular weight excluding hydrogens is 665 g/mol. The van der Waals surface area contributed by atoms with Gasteiger partial charge in [-0.05, 0) is 51.6 Å². The highest BCUT2D eigenvalue weighted by Gasteiger charge is 2.38. The minimum absolute atomic E-state index is 0.0455. The summed E-state index contributed by atoms with van der Waals surface area (Å²) in [6.45, 7) is -7.38. The predicted molar refractivity (Wildman–Crippen MR) is 221 cm³/mol. The van der Waals surface area contributed by atoms with E-state index in [4.69, 9.17) is 23.2 Å². The number of aromatic nitrogens is 4. The Kier molecular flexibility index (Phi) is 3.91. The quantitative estimate of drug-likeness (QED) is 0.182. The number of para-hydroxylation sites is 1. The largest absolute Gasteiger partial charge is 0.277 e. The van der Waals surface area contributed by atoms with Gasteiger partial charge in [0.25, 0.3) is 0 Å². The highest BCUT2D eigenvalue weighted by molar-refractivity contribution is 7.26. The molecule has 0 amide bonds. The van der Waals surface area contributed by atoms with Crippen LogP contribution in [0.3, 0.4) is 0 Å². The van der Waals surface area contributed by atoms with Gasteiger partial charge in [0.15, 0.2) is 11.6 Å². The van der Waals surface area contributed by atoms with E-state index in [9.17, 15) is 13.7 Å². The first kappa shape index (κ1) is 18.4. The van der Waals surface area contributed by atoms with Gasteiger partial charge in [-0.2, -0.15) is 9.97 Å². The zero-order valence-electron chi connectivity index (χ0n) is 43.4. The molecule has 53 heavy (non-hydrogen) atoms. The van der Waals surface area contributed by atoms with Crippen molar-refractivity contribution in [2.75, 3.05) is 0 Å². The molecule has 3 heterocycles. The van der Waals surface area contributed by atoms with Crippen LogP contribution in [-0.4, -0.2) is 19.5 Å². The van der Waals surface area contributed by atoms with Gasteiger partial charge < -0.3 is 0 Å². The van der Waals surface area contributed by atoms with Crippen LogP contribution >= 0.6 is 11.3 Å². The predicted octanol–water partition coefficient (Wildman–Crippen LogP) is 12.6. The lowest BCUT2D eigenvalue weighted by Crippen LogP contribution is -2.17. The van der Waals surface area contributed by atoms with E-state index < -0.39 is 113 Å². The molecule has 0 fully saturated rings. The second-order valence-corrected chi connectivity index (χ2v) is 13.8. The van der Waals surface area contributed by atoms with E-state index in [1.54, 1.807) is 18.2 Å². The van der Waals surface area contributed by atoms with Crippen molar-refractivity contribution in [1.29, 1.82) is 0 Å². The first-order valence-corrected chi connectivity index (χ1v) is 17.5. The molecule has 0 aliphatic heterocycles. The van der Waals surface area contributed by atoms with Crippen molar-refractivity contribution in [1.82, 2.24) is 19.5 Å². The van der Waals surface area contributed by atoms with E-state index in [0.717, 1.165) is 35.9 Å². The van der Waals surface area contributed by atoms with Crippen LogP contribution < -0.4 is 0 Å². The molecule has 0 saturated heterocycles. The monoisotopic (exact) mass is 712 g/mol. The lowest BCUT2D eigenvalue weighted by atomic mass is 9.81. The molecule has 3 aromatic heterocycles. The van der Waals surface area contributed by atoms with Crippen molar-refractivity contribution in [3.63, 3.8) is 0 Å². The summed E-state index contributed by atoms with van der Waals surface area (Å²) < 4.78 is 149. The highest BCUT2D eigenvalue weighted by atomic mass is 32.1. The molecule has 7 aromatic carbocycles. The molecule has 10 aromatic rings. The molecule has 0 bridgehead atoms. The maximum absolute atomic E-state index is 9.62. The fourth-order valence-corrected chi connectivity index (χ4v) is 8.61. The summed E-state index contributed by atoms with van der Waals surface area (Å²) >= 11 is 1.48. The highest BCUT2D eigenvalue weighted by Crippen LogP contribution is 2.53. The maximum atomic E-state index is 9.62. The fraction of sp³-hybridized carbons (Fsp3) is 0.0625. The number of thiophene rings is 1. The Bertz CT molecular complexity index is 3870. The Balaban J connectivity index is 1.37. The lowest BCUT2D eigenvalue weighted by molar-refractivity contribution is 0.663. The van der Waals surface area contributed by atoms with Crippen LogP contribution in [0.15, 0.2) is 157 Å². The molecule has 5 heteroatoms. The summed E-state index contributed by atoms with van der Waals surface area (Å²) in [5.74, 6) is -0.273. The topological polar surface area (TPSA) is 43.6 Å². The smallest absolute Gasteiger partial charge is 0.238 e. The van der Waals surface area contributed by atoms with Crippen LogP contribution in [-0.2, 0) is 5.41 Å². The molecule has 0 spiro atoms. The minimum atomic E-state index is -3.69. The van der Waals surface area contributed by atoms with E-state index in [2.05, 4.69) is 0 Å². The Morgan fingerprint density at radius 3 is 2.19 bits per heavy atom. The third-order valence-corrected chi connectivity index (χ3v) is 11.0. The van der Waals surface area contributed by atoms with Gasteiger partial charge >= 0.3 is 0 Å². The van der Waals surface area contributed by atoms with Crippen LogP contribution in [0.25, 0.3) is 93.0 Å². The van der Waals surface area contributed by atoms with Crippen LogP contribution in [0.2, 0.25) is 0 Å². The van der Waals surface area contributed by atoms with Gasteiger partial charge in [0.1, 0.15) is 0 Å². The molecule has 1 aliphatic carbocycles. The Morgan fingerprint density at radius 2 is 1.30 bits per heavy atom. The van der Waals surface area contributed by atoms with Gasteiger partial charge in [-0.1, -0.05) is 153 Å². The van der Waals surface area contributed by atoms with Crippen molar-refractivity contribution in [2.45, 2.75) is 19.1 Å². The lowest BCUT2D eigenvalue weighted by Gasteiger charge is -2.23. The van der Waals surface area contributed by atoms with Crippen molar-refractivity contribution in [3.8, 4) is 51.0 Å². The van der Waals surface area contributed by atoms with Crippen molar-refractivity contribution >= 4 is 53.3 Å². The van der Waals surface area contributed by atoms with E-state index in [-0.39, 0.29) is 28.5 Å². The van der Waals surface area contributed by atoms with E-state index in [1.165, 1.54) is 11.3 Å². The molecule has 0 radical (unpaired) electrons. The molecule has 11 rings (SSSR count). The van der Waals surface area contributed by atoms with Crippen molar-refractivity contribution in [2.24, 2.45) is 0 Å². The summed E-state index contributed by atoms with van der Waals surface area (Å²) in [7, 11) is 0. The first-order valence-electron chi connectivity index (χ1n) is 24.7. The number of rotatable bonds is 4. The second-order valence-electron chi connectivity index (χ2n) is 12.8. The van der Waals surface area contributed by atoms with Gasteiger partial charge in [0.2, 0.25) is 5.95 Å². The standard InChI is InChI=1S/C48H32N4S/c1-48(2)39-20-9-6-15-32(39)35-27-28-36-33-16-7-10-21-40(33)52(43(36)42(35)48)47-50-45(31-25-23-30(24-26-31)29-13-4-3-5-14-29)49-46(51-47)38-19-12-18-37-34-17-8-11-22-41(34)53-44(37)38/h3-28H,1-2H3/i1D3,2D3,6D,7D,9D,10D,15D,16D,20D,21D,27D,28D. The van der Waals surface area contributed by atoms with Gasteiger partial charge in [0.05, 0.1) is 24.7 Å². The van der Waals surface area contributed by atoms with Crippen LogP contribution in [0.5, 0.6) is 0 Å². The summed E-state index contributed by atoms with van der Waals surface area (Å²) in [6, 6.07) is 22.2. The fourth-order valence-electron chi connectivity index (χ4n) is 7.40. The zero-order chi connectivity index (χ0) is 49.0. The van der Waals surface area contributed by atoms with Gasteiger partial charge in [-0.15, -0.1) is 11.3 Å². The number of benzene rings is 7. The third kappa shape index (κ3) is 4.44. The Hall–Kier alpha value is -6.43. The van der Waals surface area contributed by atoms with Crippen molar-refractivity contribution in [3.05, 3.63) is 169 Å². The zero-order valence-corrected chi connectivity index (χ0v) is 28.3. The van der Waals surface area contributed by atoms with Crippen LogP contribution in [0.4, 0.5) is 0 Å². The molecule has 1 aliphatic rings. The maximum Gasteiger partial charge on any atom is 0.238 e. The normalized spacial score (nSPS) is 18.0. The van der Waals surface area contributed by atoms with E-state index in [1.807, 2.05) is 78.9 Å². The van der Waals surface area contributed by atoms with E-state index >= 15 is 0 Å². The molecule has 250 valence electrons. The minimum Gasteiger partial charge on any atom is -0.277 e. The average Bonchev–Trinajstić information content (AvgIpc) is 4.01. The summed E-state index contributed by atoms with van der Waals surface area (Å²) in [5.41, 5.74) is -4.22. The SMILES string of the molecule is [2H]c1c([2H])c([2H])c2c(c1[2H])-c1c([2H])c([2H])c3c4c([2H])c([2H])c([2H])c([2H])c4n(-c4nc(-c5ccc(-c6ccccc6)cc5)nc(-c5cccc6c5sc5ccccc56)n4)c3c1C2(C([2H])([2H])[2H])C([2H])([2H])[2H]. The van der Waals surface area contributed by atoms with Gasteiger partial charge in [-0.3, -0.25) is 4.57 Å².